The number of hydrogen-bond donors (Lipinski definition) is 1. The van der Waals surface area contributed by atoms with Gasteiger partial charge in [0.25, 0.3) is 0 Å². The van der Waals surface area contributed by atoms with E-state index in [2.05, 4.69) is 20.1 Å². The van der Waals surface area contributed by atoms with Crippen LogP contribution >= 0.6 is 0 Å². The van der Waals surface area contributed by atoms with Gasteiger partial charge in [-0.25, -0.2) is 4.39 Å². The minimum atomic E-state index is -0.234. The maximum Gasteiger partial charge on any atom is 0.194 e. The molecule has 1 unspecified atom stereocenters. The quantitative estimate of drug-likeness (QED) is 0.676. The van der Waals surface area contributed by atoms with Crippen LogP contribution in [-0.4, -0.2) is 55.0 Å². The highest BCUT2D eigenvalue weighted by Crippen LogP contribution is 2.26. The van der Waals surface area contributed by atoms with Gasteiger partial charge in [-0.05, 0) is 57.5 Å². The molecular formula is C20H27FN4O. The Balaban J connectivity index is 1.41. The Bertz CT molecular complexity index is 809. The molecule has 5 nitrogen and oxygen atoms in total. The van der Waals surface area contributed by atoms with Crippen molar-refractivity contribution >= 4 is 16.9 Å². The summed E-state index contributed by atoms with van der Waals surface area (Å²) in [6.45, 7) is 7.07. The fraction of sp³-hybridized carbons (Fsp3) is 0.550. The molecule has 2 aliphatic rings. The first-order valence-electron chi connectivity index (χ1n) is 9.53. The molecule has 0 amide bonds. The number of hydrogen-bond acceptors (Lipinski definition) is 3. The van der Waals surface area contributed by atoms with Gasteiger partial charge in [-0.15, -0.1) is 0 Å². The van der Waals surface area contributed by atoms with E-state index in [1.807, 2.05) is 14.0 Å². The lowest BCUT2D eigenvalue weighted by Gasteiger charge is -2.25. The molecule has 1 atom stereocenters. The SMILES string of the molecule is CN=C(NCc1oc2ccc(F)cc2c1C)N1CCC(N2CCCC2)C1. The maximum absolute atomic E-state index is 13.5. The fourth-order valence-corrected chi connectivity index (χ4v) is 4.24. The van der Waals surface area contributed by atoms with E-state index < -0.39 is 0 Å². The van der Waals surface area contributed by atoms with Gasteiger partial charge in [0.15, 0.2) is 5.96 Å². The van der Waals surface area contributed by atoms with Crippen LogP contribution in [0.4, 0.5) is 4.39 Å². The first kappa shape index (κ1) is 17.3. The lowest BCUT2D eigenvalue weighted by atomic mass is 10.1. The molecule has 1 aromatic carbocycles. The monoisotopic (exact) mass is 358 g/mol. The number of nitrogens with zero attached hydrogens (tertiary/aromatic N) is 3. The first-order valence-corrected chi connectivity index (χ1v) is 9.53. The zero-order chi connectivity index (χ0) is 18.1. The first-order chi connectivity index (χ1) is 12.7. The van der Waals surface area contributed by atoms with Gasteiger partial charge in [-0.2, -0.15) is 0 Å². The summed E-state index contributed by atoms with van der Waals surface area (Å²) in [6.07, 6.45) is 3.86. The van der Waals surface area contributed by atoms with E-state index in [9.17, 15) is 4.39 Å². The van der Waals surface area contributed by atoms with Crippen LogP contribution in [0.5, 0.6) is 0 Å². The molecule has 0 saturated carbocycles. The van der Waals surface area contributed by atoms with Crippen molar-refractivity contribution in [3.8, 4) is 0 Å². The highest BCUT2D eigenvalue weighted by Gasteiger charge is 2.30. The Labute approximate surface area is 153 Å². The molecule has 140 valence electrons. The summed E-state index contributed by atoms with van der Waals surface area (Å²) >= 11 is 0. The lowest BCUT2D eigenvalue weighted by Crippen LogP contribution is -2.42. The van der Waals surface area contributed by atoms with Crippen LogP contribution in [0.2, 0.25) is 0 Å². The van der Waals surface area contributed by atoms with E-state index in [-0.39, 0.29) is 5.82 Å². The van der Waals surface area contributed by atoms with Crippen LogP contribution in [0, 0.1) is 12.7 Å². The lowest BCUT2D eigenvalue weighted by molar-refractivity contribution is 0.249. The predicted molar refractivity (Wildman–Crippen MR) is 102 cm³/mol. The minimum absolute atomic E-state index is 0.234. The van der Waals surface area contributed by atoms with Gasteiger partial charge in [0.05, 0.1) is 6.54 Å². The predicted octanol–water partition coefficient (Wildman–Crippen LogP) is 3.13. The normalized spacial score (nSPS) is 21.9. The van der Waals surface area contributed by atoms with Crippen LogP contribution in [0.1, 0.15) is 30.6 Å². The van der Waals surface area contributed by atoms with Gasteiger partial charge in [0, 0.05) is 37.1 Å². The third-order valence-electron chi connectivity index (χ3n) is 5.74. The van der Waals surface area contributed by atoms with Crippen LogP contribution in [0.15, 0.2) is 27.6 Å². The minimum Gasteiger partial charge on any atom is -0.459 e. The number of nitrogens with one attached hydrogen (secondary N) is 1. The molecule has 1 aromatic heterocycles. The molecule has 2 fully saturated rings. The molecule has 2 saturated heterocycles. The van der Waals surface area contributed by atoms with Crippen molar-refractivity contribution in [2.24, 2.45) is 4.99 Å². The molecule has 0 radical (unpaired) electrons. The number of rotatable bonds is 3. The highest BCUT2D eigenvalue weighted by atomic mass is 19.1. The van der Waals surface area contributed by atoms with Gasteiger partial charge in [0.1, 0.15) is 17.2 Å². The Hall–Kier alpha value is -2.08. The van der Waals surface area contributed by atoms with Gasteiger partial charge in [0.2, 0.25) is 0 Å². The summed E-state index contributed by atoms with van der Waals surface area (Å²) in [5.41, 5.74) is 1.71. The Morgan fingerprint density at radius 3 is 2.88 bits per heavy atom. The third kappa shape index (κ3) is 3.30. The van der Waals surface area contributed by atoms with Gasteiger partial charge in [-0.1, -0.05) is 0 Å². The average Bonchev–Trinajstić information content (AvgIpc) is 3.37. The third-order valence-corrected chi connectivity index (χ3v) is 5.74. The van der Waals surface area contributed by atoms with Crippen LogP contribution < -0.4 is 5.32 Å². The van der Waals surface area contributed by atoms with E-state index in [0.717, 1.165) is 41.3 Å². The summed E-state index contributed by atoms with van der Waals surface area (Å²) in [7, 11) is 1.83. The molecule has 2 aliphatic heterocycles. The number of furan rings is 1. The van der Waals surface area contributed by atoms with E-state index >= 15 is 0 Å². The Kier molecular flexibility index (Phi) is 4.85. The molecular weight excluding hydrogens is 331 g/mol. The Morgan fingerprint density at radius 1 is 1.31 bits per heavy atom. The molecule has 2 aromatic rings. The fourth-order valence-electron chi connectivity index (χ4n) is 4.24. The molecule has 0 bridgehead atoms. The van der Waals surface area contributed by atoms with Crippen molar-refractivity contribution in [2.45, 2.75) is 38.8 Å². The standard InChI is InChI=1S/C20H27FN4O/c1-14-17-11-15(21)5-6-18(17)26-19(14)12-23-20(22-2)25-10-7-16(13-25)24-8-3-4-9-24/h5-6,11,16H,3-4,7-10,12-13H2,1-2H3,(H,22,23). The Morgan fingerprint density at radius 2 is 2.12 bits per heavy atom. The molecule has 0 spiro atoms. The van der Waals surface area contributed by atoms with Crippen molar-refractivity contribution in [3.63, 3.8) is 0 Å². The summed E-state index contributed by atoms with van der Waals surface area (Å²) < 4.78 is 19.4. The smallest absolute Gasteiger partial charge is 0.194 e. The summed E-state index contributed by atoms with van der Waals surface area (Å²) in [5, 5.41) is 4.26. The summed E-state index contributed by atoms with van der Waals surface area (Å²) in [6, 6.07) is 5.31. The highest BCUT2D eigenvalue weighted by molar-refractivity contribution is 5.83. The zero-order valence-corrected chi connectivity index (χ0v) is 15.6. The number of guanidine groups is 1. The van der Waals surface area contributed by atoms with E-state index in [1.165, 1.54) is 44.5 Å². The second-order valence-electron chi connectivity index (χ2n) is 7.32. The molecule has 6 heteroatoms. The second kappa shape index (κ2) is 7.27. The number of aryl methyl sites for hydroxylation is 1. The van der Waals surface area contributed by atoms with Crippen LogP contribution in [0.25, 0.3) is 11.0 Å². The van der Waals surface area contributed by atoms with Crippen LogP contribution in [-0.2, 0) is 6.54 Å². The number of aliphatic imine (C=N–C) groups is 1. The van der Waals surface area contributed by atoms with E-state index in [1.54, 1.807) is 6.07 Å². The maximum atomic E-state index is 13.5. The van der Waals surface area contributed by atoms with Crippen molar-refractivity contribution in [1.82, 2.24) is 15.1 Å². The molecule has 0 aliphatic carbocycles. The largest absolute Gasteiger partial charge is 0.459 e. The number of fused-ring (bicyclic) bond motifs is 1. The van der Waals surface area contributed by atoms with Crippen molar-refractivity contribution in [2.75, 3.05) is 33.2 Å². The van der Waals surface area contributed by atoms with Crippen molar-refractivity contribution in [1.29, 1.82) is 0 Å². The number of halogens is 1. The van der Waals surface area contributed by atoms with Gasteiger partial charge in [-0.3, -0.25) is 9.89 Å². The van der Waals surface area contributed by atoms with Gasteiger partial charge >= 0.3 is 0 Å². The van der Waals surface area contributed by atoms with E-state index in [4.69, 9.17) is 4.42 Å². The molecule has 26 heavy (non-hydrogen) atoms. The number of likely N-dealkylation sites (tertiary alicyclic amines) is 2. The van der Waals surface area contributed by atoms with E-state index in [0.29, 0.717) is 12.6 Å². The molecule has 4 rings (SSSR count). The van der Waals surface area contributed by atoms with Crippen molar-refractivity contribution in [3.05, 3.63) is 35.3 Å². The van der Waals surface area contributed by atoms with Gasteiger partial charge < -0.3 is 14.6 Å². The second-order valence-corrected chi connectivity index (χ2v) is 7.32. The summed E-state index contributed by atoms with van der Waals surface area (Å²) in [5.74, 6) is 1.52. The number of benzene rings is 1. The molecule has 3 heterocycles. The molecule has 1 N–H and O–H groups in total. The zero-order valence-electron chi connectivity index (χ0n) is 15.6. The average molecular weight is 358 g/mol. The topological polar surface area (TPSA) is 44.0 Å². The van der Waals surface area contributed by atoms with Crippen molar-refractivity contribution < 1.29 is 8.81 Å². The summed E-state index contributed by atoms with van der Waals surface area (Å²) in [4.78, 5) is 9.41. The van der Waals surface area contributed by atoms with Crippen LogP contribution in [0.3, 0.4) is 0 Å².